The molecule has 0 aromatic rings. The minimum absolute atomic E-state index is 0.355. The number of allylic oxidation sites excluding steroid dienone is 2. The summed E-state index contributed by atoms with van der Waals surface area (Å²) in [4.78, 5) is 0. The second kappa shape index (κ2) is 3.97. The monoisotopic (exact) mass is 178 g/mol. The van der Waals surface area contributed by atoms with Crippen LogP contribution in [0.2, 0.25) is 0 Å². The number of nitrogens with one attached hydrogen (secondary N) is 2. The van der Waals surface area contributed by atoms with Crippen LogP contribution < -0.4 is 10.6 Å². The average molecular weight is 178 g/mol. The van der Waals surface area contributed by atoms with Gasteiger partial charge in [0, 0.05) is 6.04 Å². The second-order valence-corrected chi connectivity index (χ2v) is 4.04. The van der Waals surface area contributed by atoms with Crippen molar-refractivity contribution in [2.45, 2.75) is 44.8 Å². The molecule has 2 aliphatic rings. The van der Waals surface area contributed by atoms with Gasteiger partial charge in [-0.1, -0.05) is 18.4 Å². The van der Waals surface area contributed by atoms with E-state index in [2.05, 4.69) is 29.7 Å². The number of hydrogen-bond acceptors (Lipinski definition) is 2. The van der Waals surface area contributed by atoms with E-state index in [9.17, 15) is 0 Å². The van der Waals surface area contributed by atoms with Crippen molar-refractivity contribution in [3.63, 3.8) is 0 Å². The van der Waals surface area contributed by atoms with E-state index in [4.69, 9.17) is 0 Å². The van der Waals surface area contributed by atoms with E-state index in [0.717, 1.165) is 6.04 Å². The van der Waals surface area contributed by atoms with Gasteiger partial charge in [-0.25, -0.2) is 0 Å². The lowest BCUT2D eigenvalue weighted by molar-refractivity contribution is 0.449. The predicted molar refractivity (Wildman–Crippen MR) is 55.2 cm³/mol. The van der Waals surface area contributed by atoms with Gasteiger partial charge >= 0.3 is 0 Å². The first-order valence-corrected chi connectivity index (χ1v) is 5.22. The van der Waals surface area contributed by atoms with Crippen molar-refractivity contribution in [2.75, 3.05) is 0 Å². The fourth-order valence-electron chi connectivity index (χ4n) is 2.09. The predicted octanol–water partition coefficient (Wildman–Crippen LogP) is 1.91. The van der Waals surface area contributed by atoms with Gasteiger partial charge in [0.25, 0.3) is 0 Å². The van der Waals surface area contributed by atoms with Gasteiger partial charge in [0.1, 0.15) is 0 Å². The van der Waals surface area contributed by atoms with Crippen molar-refractivity contribution in [1.29, 1.82) is 0 Å². The van der Waals surface area contributed by atoms with Crippen LogP contribution in [-0.4, -0.2) is 12.2 Å². The summed E-state index contributed by atoms with van der Waals surface area (Å²) < 4.78 is 0. The fraction of sp³-hybridized carbons (Fsp3) is 0.636. The largest absolute Gasteiger partial charge is 0.372 e. The molecule has 0 spiro atoms. The molecule has 0 aromatic carbocycles. The van der Waals surface area contributed by atoms with Gasteiger partial charge in [-0.3, -0.25) is 5.32 Å². The lowest BCUT2D eigenvalue weighted by atomic mass is 10.2. The first-order valence-electron chi connectivity index (χ1n) is 5.22. The van der Waals surface area contributed by atoms with E-state index < -0.39 is 0 Å². The Bertz CT molecular complexity index is 224. The quantitative estimate of drug-likeness (QED) is 0.675. The zero-order valence-corrected chi connectivity index (χ0v) is 8.22. The number of dihydropyridines is 1. The fourth-order valence-corrected chi connectivity index (χ4v) is 2.09. The SMILES string of the molecule is CC1=CC(NC2CCCC2)NC=C1. The lowest BCUT2D eigenvalue weighted by Crippen LogP contribution is -2.44. The highest BCUT2D eigenvalue weighted by Gasteiger charge is 2.17. The van der Waals surface area contributed by atoms with Gasteiger partial charge in [0.2, 0.25) is 0 Å². The molecule has 2 rings (SSSR count). The molecule has 0 bridgehead atoms. The Hall–Kier alpha value is -0.760. The minimum Gasteiger partial charge on any atom is -0.372 e. The summed E-state index contributed by atoms with van der Waals surface area (Å²) in [5, 5.41) is 6.92. The van der Waals surface area contributed by atoms with Crippen molar-refractivity contribution >= 4 is 0 Å². The van der Waals surface area contributed by atoms with Crippen LogP contribution in [0.4, 0.5) is 0 Å². The van der Waals surface area contributed by atoms with Gasteiger partial charge in [0.15, 0.2) is 0 Å². The smallest absolute Gasteiger partial charge is 0.0964 e. The van der Waals surface area contributed by atoms with Crippen LogP contribution >= 0.6 is 0 Å². The topological polar surface area (TPSA) is 24.1 Å². The Morgan fingerprint density at radius 2 is 2.15 bits per heavy atom. The molecule has 2 nitrogen and oxygen atoms in total. The van der Waals surface area contributed by atoms with Crippen LogP contribution in [0.5, 0.6) is 0 Å². The van der Waals surface area contributed by atoms with E-state index >= 15 is 0 Å². The van der Waals surface area contributed by atoms with E-state index in [0.29, 0.717) is 6.17 Å². The molecule has 1 unspecified atom stereocenters. The molecule has 2 N–H and O–H groups in total. The molecule has 1 aliphatic heterocycles. The molecule has 0 saturated heterocycles. The third-order valence-corrected chi connectivity index (χ3v) is 2.82. The van der Waals surface area contributed by atoms with Crippen molar-refractivity contribution in [2.24, 2.45) is 0 Å². The lowest BCUT2D eigenvalue weighted by Gasteiger charge is -2.23. The normalized spacial score (nSPS) is 28.7. The summed E-state index contributed by atoms with van der Waals surface area (Å²) >= 11 is 0. The molecule has 1 fully saturated rings. The molecule has 13 heavy (non-hydrogen) atoms. The minimum atomic E-state index is 0.355. The summed E-state index contributed by atoms with van der Waals surface area (Å²) in [5.74, 6) is 0. The Balaban J connectivity index is 1.84. The second-order valence-electron chi connectivity index (χ2n) is 4.04. The molecule has 1 atom stereocenters. The van der Waals surface area contributed by atoms with Crippen molar-refractivity contribution < 1.29 is 0 Å². The maximum absolute atomic E-state index is 3.61. The highest BCUT2D eigenvalue weighted by molar-refractivity contribution is 5.22. The van der Waals surface area contributed by atoms with E-state index in [1.54, 1.807) is 0 Å². The summed E-state index contributed by atoms with van der Waals surface area (Å²) in [6.07, 6.45) is 12.2. The van der Waals surface area contributed by atoms with Crippen LogP contribution in [0.1, 0.15) is 32.6 Å². The van der Waals surface area contributed by atoms with Crippen LogP contribution in [0.3, 0.4) is 0 Å². The van der Waals surface area contributed by atoms with Gasteiger partial charge in [-0.05, 0) is 38.1 Å². The van der Waals surface area contributed by atoms with Crippen molar-refractivity contribution in [3.05, 3.63) is 23.9 Å². The average Bonchev–Trinajstić information content (AvgIpc) is 2.57. The Morgan fingerprint density at radius 3 is 2.85 bits per heavy atom. The molecule has 1 aliphatic carbocycles. The molecule has 0 aromatic heterocycles. The van der Waals surface area contributed by atoms with Crippen LogP contribution in [0, 0.1) is 0 Å². The summed E-state index contributed by atoms with van der Waals surface area (Å²) in [5.41, 5.74) is 1.34. The van der Waals surface area contributed by atoms with Crippen molar-refractivity contribution in [3.8, 4) is 0 Å². The molecule has 2 heteroatoms. The third kappa shape index (κ3) is 2.34. The highest BCUT2D eigenvalue weighted by atomic mass is 15.1. The molecule has 0 amide bonds. The Morgan fingerprint density at radius 1 is 1.38 bits per heavy atom. The number of rotatable bonds is 2. The van der Waals surface area contributed by atoms with Crippen LogP contribution in [0.15, 0.2) is 23.9 Å². The van der Waals surface area contributed by atoms with Crippen LogP contribution in [0.25, 0.3) is 0 Å². The molecule has 0 radical (unpaired) electrons. The van der Waals surface area contributed by atoms with Gasteiger partial charge in [0.05, 0.1) is 6.17 Å². The Labute approximate surface area is 80.1 Å². The maximum Gasteiger partial charge on any atom is 0.0964 e. The van der Waals surface area contributed by atoms with Crippen LogP contribution in [-0.2, 0) is 0 Å². The highest BCUT2D eigenvalue weighted by Crippen LogP contribution is 2.18. The molecular formula is C11H18N2. The molecule has 72 valence electrons. The first kappa shape index (κ1) is 8.82. The Kier molecular flexibility index (Phi) is 2.69. The van der Waals surface area contributed by atoms with Gasteiger partial charge in [-0.15, -0.1) is 0 Å². The van der Waals surface area contributed by atoms with E-state index in [1.807, 2.05) is 6.20 Å². The van der Waals surface area contributed by atoms with E-state index in [-0.39, 0.29) is 0 Å². The summed E-state index contributed by atoms with van der Waals surface area (Å²) in [6.45, 7) is 2.14. The van der Waals surface area contributed by atoms with Crippen molar-refractivity contribution in [1.82, 2.24) is 10.6 Å². The molecule has 1 heterocycles. The zero-order valence-electron chi connectivity index (χ0n) is 8.22. The van der Waals surface area contributed by atoms with Gasteiger partial charge < -0.3 is 5.32 Å². The molecular weight excluding hydrogens is 160 g/mol. The third-order valence-electron chi connectivity index (χ3n) is 2.82. The van der Waals surface area contributed by atoms with E-state index in [1.165, 1.54) is 31.3 Å². The zero-order chi connectivity index (χ0) is 9.10. The first-order chi connectivity index (χ1) is 6.34. The standard InChI is InChI=1S/C11H18N2/c1-9-6-7-12-11(8-9)13-10-4-2-3-5-10/h6-8,10-13H,2-5H2,1H3. The number of hydrogen-bond donors (Lipinski definition) is 2. The van der Waals surface area contributed by atoms with Gasteiger partial charge in [-0.2, -0.15) is 0 Å². The maximum atomic E-state index is 3.61. The summed E-state index contributed by atoms with van der Waals surface area (Å²) in [6, 6.07) is 0.730. The summed E-state index contributed by atoms with van der Waals surface area (Å²) in [7, 11) is 0. The molecule has 1 saturated carbocycles.